The molecule has 2 aliphatic heterocycles. The molecule has 0 amide bonds. The van der Waals surface area contributed by atoms with Crippen LogP contribution in [0.4, 0.5) is 11.4 Å². The van der Waals surface area contributed by atoms with Crippen molar-refractivity contribution in [1.29, 1.82) is 0 Å². The van der Waals surface area contributed by atoms with Crippen LogP contribution in [0.5, 0.6) is 23.0 Å². The van der Waals surface area contributed by atoms with E-state index in [2.05, 4.69) is 0 Å². The van der Waals surface area contributed by atoms with Gasteiger partial charge in [0.15, 0.2) is 23.0 Å². The van der Waals surface area contributed by atoms with Crippen molar-refractivity contribution >= 4 is 33.7 Å². The van der Waals surface area contributed by atoms with Gasteiger partial charge in [-0.2, -0.15) is 0 Å². The number of phenolic OH excluding ortho intramolecular Hbond substituents is 4. The van der Waals surface area contributed by atoms with E-state index in [4.69, 9.17) is 29.8 Å². The van der Waals surface area contributed by atoms with Crippen LogP contribution in [-0.2, 0) is 0 Å². The summed E-state index contributed by atoms with van der Waals surface area (Å²) < 4.78 is 19.6. The summed E-state index contributed by atoms with van der Waals surface area (Å²) >= 11 is 0. The number of aromatic hydroxyl groups is 4. The summed E-state index contributed by atoms with van der Waals surface area (Å²) in [6.07, 6.45) is 0. The summed E-state index contributed by atoms with van der Waals surface area (Å²) in [4.78, 5) is 0. The van der Waals surface area contributed by atoms with Crippen LogP contribution in [0.1, 0.15) is 0 Å². The number of benzene rings is 2. The number of rotatable bonds is 0. The monoisotopic (exact) mass is 308 g/mol. The van der Waals surface area contributed by atoms with Crippen LogP contribution >= 0.6 is 0 Å². The minimum atomic E-state index is -0.603. The quantitative estimate of drug-likeness (QED) is 0.121. The summed E-state index contributed by atoms with van der Waals surface area (Å²) in [5.74, 6) is -2.41. The van der Waals surface area contributed by atoms with Crippen LogP contribution in [-0.4, -0.2) is 20.4 Å². The lowest BCUT2D eigenvalue weighted by molar-refractivity contribution is 0.0726. The highest BCUT2D eigenvalue weighted by atomic mass is 17.0. The van der Waals surface area contributed by atoms with E-state index < -0.39 is 34.4 Å². The van der Waals surface area contributed by atoms with Crippen molar-refractivity contribution in [2.75, 3.05) is 11.5 Å². The molecule has 0 unspecified atom stereocenters. The van der Waals surface area contributed by atoms with E-state index in [1.807, 2.05) is 0 Å². The molecule has 10 nitrogen and oxygen atoms in total. The Morgan fingerprint density at radius 1 is 0.500 bits per heavy atom. The first-order chi connectivity index (χ1) is 10.4. The third-order valence-corrected chi connectivity index (χ3v) is 3.46. The Bertz CT molecular complexity index is 887. The summed E-state index contributed by atoms with van der Waals surface area (Å²) in [6.45, 7) is 0. The molecule has 2 aromatic rings. The molecule has 0 bridgehead atoms. The van der Waals surface area contributed by atoms with Gasteiger partial charge in [-0.15, -0.1) is 0 Å². The van der Waals surface area contributed by atoms with Crippen LogP contribution in [0, 0.1) is 0 Å². The van der Waals surface area contributed by atoms with Crippen molar-refractivity contribution in [3.63, 3.8) is 0 Å². The number of anilines is 2. The Balaban J connectivity index is 2.40. The SMILES string of the molecule is Nc1c(O)c2ooc3c(O)c(N)c(O)c4ooc(c1O)c2-c34. The highest BCUT2D eigenvalue weighted by Crippen LogP contribution is 2.55. The molecule has 0 saturated heterocycles. The fourth-order valence-corrected chi connectivity index (χ4v) is 2.34. The van der Waals surface area contributed by atoms with E-state index in [0.29, 0.717) is 0 Å². The normalized spacial score (nSPS) is 11.8. The van der Waals surface area contributed by atoms with Gasteiger partial charge in [0.05, 0.1) is 11.1 Å². The zero-order valence-corrected chi connectivity index (χ0v) is 10.6. The van der Waals surface area contributed by atoms with Crippen LogP contribution < -0.4 is 11.5 Å². The van der Waals surface area contributed by atoms with Gasteiger partial charge >= 0.3 is 0 Å². The summed E-state index contributed by atoms with van der Waals surface area (Å²) in [7, 11) is 0. The maximum absolute atomic E-state index is 9.95. The Hall–Kier alpha value is -3.56. The van der Waals surface area contributed by atoms with Gasteiger partial charge in [-0.3, -0.25) is 18.3 Å². The van der Waals surface area contributed by atoms with Crippen molar-refractivity contribution < 1.29 is 38.7 Å². The van der Waals surface area contributed by atoms with Gasteiger partial charge < -0.3 is 31.9 Å². The van der Waals surface area contributed by atoms with Gasteiger partial charge in [-0.05, 0) is 0 Å². The second-order valence-corrected chi connectivity index (χ2v) is 4.62. The van der Waals surface area contributed by atoms with Crippen molar-refractivity contribution in [2.45, 2.75) is 0 Å². The molecular formula is C12H8N2O8. The number of hydrogen-bond acceptors (Lipinski definition) is 10. The first-order valence-corrected chi connectivity index (χ1v) is 5.87. The van der Waals surface area contributed by atoms with E-state index in [1.165, 1.54) is 0 Å². The van der Waals surface area contributed by atoms with E-state index in [1.54, 1.807) is 0 Å². The lowest BCUT2D eigenvalue weighted by atomic mass is 9.99. The Morgan fingerprint density at radius 3 is 0.955 bits per heavy atom. The van der Waals surface area contributed by atoms with Crippen molar-refractivity contribution in [3.8, 4) is 34.1 Å². The molecule has 22 heavy (non-hydrogen) atoms. The van der Waals surface area contributed by atoms with Gasteiger partial charge in [0.1, 0.15) is 11.4 Å². The molecular weight excluding hydrogens is 300 g/mol. The minimum absolute atomic E-state index is 0.0164. The van der Waals surface area contributed by atoms with E-state index >= 15 is 0 Å². The molecule has 2 heterocycles. The predicted molar refractivity (Wildman–Crippen MR) is 71.4 cm³/mol. The van der Waals surface area contributed by atoms with Crippen LogP contribution in [0.3, 0.4) is 0 Å². The van der Waals surface area contributed by atoms with Gasteiger partial charge in [0.2, 0.25) is 22.3 Å². The molecule has 0 aromatic heterocycles. The molecule has 2 aromatic carbocycles. The topological polar surface area (TPSA) is 186 Å². The largest absolute Gasteiger partial charge is 0.503 e. The smallest absolute Gasteiger partial charge is 0.234 e. The average Bonchev–Trinajstić information content (AvgIpc) is 2.53. The first kappa shape index (κ1) is 12.2. The molecule has 0 aliphatic carbocycles. The van der Waals surface area contributed by atoms with E-state index in [-0.39, 0.29) is 33.5 Å². The molecule has 2 aliphatic rings. The van der Waals surface area contributed by atoms with Crippen LogP contribution in [0.25, 0.3) is 33.5 Å². The average molecular weight is 308 g/mol. The first-order valence-electron chi connectivity index (χ1n) is 5.87. The number of hydrogen-bond donors (Lipinski definition) is 6. The minimum Gasteiger partial charge on any atom is -0.503 e. The predicted octanol–water partition coefficient (Wildman–Crippen LogP) is 2.02. The van der Waals surface area contributed by atoms with Gasteiger partial charge in [-0.1, -0.05) is 0 Å². The van der Waals surface area contributed by atoms with Crippen molar-refractivity contribution in [2.24, 2.45) is 0 Å². The zero-order valence-electron chi connectivity index (χ0n) is 10.6. The standard InChI is InChI=1S/C12H8N2O8/c13-3-5(15)9-1-2-11(21-19-9)7(17)4(14)8(18)12(2)22-20-10(1)6(3)16/h15-18H,13-14H2. The third-order valence-electron chi connectivity index (χ3n) is 3.46. The van der Waals surface area contributed by atoms with E-state index in [0.717, 1.165) is 0 Å². The Morgan fingerprint density at radius 2 is 0.727 bits per heavy atom. The van der Waals surface area contributed by atoms with Gasteiger partial charge in [0, 0.05) is 0 Å². The molecule has 0 spiro atoms. The number of nitrogens with two attached hydrogens (primary N) is 2. The summed E-state index contributed by atoms with van der Waals surface area (Å²) in [5, 5.41) is 39.8. The number of phenols is 4. The molecule has 0 radical (unpaired) electrons. The van der Waals surface area contributed by atoms with E-state index in [9.17, 15) is 20.4 Å². The van der Waals surface area contributed by atoms with Gasteiger partial charge in [-0.25, -0.2) is 0 Å². The maximum Gasteiger partial charge on any atom is 0.234 e. The molecule has 8 N–H and O–H groups in total. The second kappa shape index (κ2) is 3.55. The molecule has 0 fully saturated rings. The second-order valence-electron chi connectivity index (χ2n) is 4.62. The lowest BCUT2D eigenvalue weighted by Crippen LogP contribution is -1.97. The zero-order chi connectivity index (χ0) is 15.8. The highest BCUT2D eigenvalue weighted by Gasteiger charge is 2.34. The maximum atomic E-state index is 9.95. The Labute approximate surface area is 119 Å². The molecule has 0 saturated carbocycles. The molecule has 4 rings (SSSR count). The van der Waals surface area contributed by atoms with Gasteiger partial charge in [0.25, 0.3) is 0 Å². The Kier molecular flexibility index (Phi) is 1.97. The van der Waals surface area contributed by atoms with Crippen LogP contribution in [0.2, 0.25) is 0 Å². The molecule has 0 atom stereocenters. The van der Waals surface area contributed by atoms with Crippen molar-refractivity contribution in [1.82, 2.24) is 0 Å². The lowest BCUT2D eigenvalue weighted by Gasteiger charge is -2.15. The van der Waals surface area contributed by atoms with Crippen molar-refractivity contribution in [3.05, 3.63) is 0 Å². The fourth-order valence-electron chi connectivity index (χ4n) is 2.34. The summed E-state index contributed by atoms with van der Waals surface area (Å²) in [5.41, 5.74) is 9.07. The summed E-state index contributed by atoms with van der Waals surface area (Å²) in [6, 6.07) is 0. The molecule has 10 heteroatoms. The third kappa shape index (κ3) is 1.15. The number of nitrogen functional groups attached to an aromatic ring is 2. The van der Waals surface area contributed by atoms with Crippen LogP contribution in [0.15, 0.2) is 18.3 Å². The highest BCUT2D eigenvalue weighted by molar-refractivity contribution is 6.13. The fraction of sp³-hybridized carbons (Fsp3) is 0. The molecule has 114 valence electrons.